The molecule has 0 saturated carbocycles. The van der Waals surface area contributed by atoms with E-state index in [4.69, 9.17) is 0 Å². The van der Waals surface area contributed by atoms with E-state index in [1.165, 1.54) is 25.7 Å². The molecule has 0 aromatic carbocycles. The van der Waals surface area contributed by atoms with Crippen molar-refractivity contribution in [2.45, 2.75) is 58.8 Å². The van der Waals surface area contributed by atoms with Crippen LogP contribution >= 0.6 is 11.3 Å². The maximum atomic E-state index is 2.38. The van der Waals surface area contributed by atoms with Gasteiger partial charge in [0, 0.05) is 15.2 Å². The molecule has 1 heteroatoms. The van der Waals surface area contributed by atoms with Crippen LogP contribution in [-0.2, 0) is 11.8 Å². The molecule has 0 amide bonds. The Hall–Kier alpha value is -0.300. The minimum atomic E-state index is 0.413. The van der Waals surface area contributed by atoms with Crippen LogP contribution in [0.25, 0.3) is 0 Å². The zero-order chi connectivity index (χ0) is 10.6. The molecule has 0 saturated heterocycles. The van der Waals surface area contributed by atoms with Crippen molar-refractivity contribution in [1.29, 1.82) is 0 Å². The lowest BCUT2D eigenvalue weighted by Gasteiger charge is -2.25. The average Bonchev–Trinajstić information content (AvgIpc) is 2.66. The molecule has 0 spiro atoms. The van der Waals surface area contributed by atoms with Crippen molar-refractivity contribution in [2.75, 3.05) is 0 Å². The number of rotatable bonds is 5. The van der Waals surface area contributed by atoms with Gasteiger partial charge in [0.05, 0.1) is 0 Å². The number of thiophene rings is 1. The van der Waals surface area contributed by atoms with E-state index in [9.17, 15) is 0 Å². The first-order valence-electron chi connectivity index (χ1n) is 5.75. The van der Waals surface area contributed by atoms with Gasteiger partial charge in [-0.1, -0.05) is 34.1 Å². The molecule has 1 aromatic heterocycles. The first-order chi connectivity index (χ1) is 6.66. The second-order valence-electron chi connectivity index (χ2n) is 4.28. The van der Waals surface area contributed by atoms with Gasteiger partial charge in [0.15, 0.2) is 0 Å². The van der Waals surface area contributed by atoms with Gasteiger partial charge in [-0.25, -0.2) is 0 Å². The fourth-order valence-electron chi connectivity index (χ4n) is 1.68. The Morgan fingerprint density at radius 3 is 2.29 bits per heavy atom. The molecule has 80 valence electrons. The van der Waals surface area contributed by atoms with E-state index in [0.717, 1.165) is 0 Å². The maximum Gasteiger partial charge on any atom is 0.0107 e. The Morgan fingerprint density at radius 1 is 1.14 bits per heavy atom. The lowest BCUT2D eigenvalue weighted by atomic mass is 9.83. The van der Waals surface area contributed by atoms with Crippen LogP contribution in [-0.4, -0.2) is 0 Å². The summed E-state index contributed by atoms with van der Waals surface area (Å²) in [7, 11) is 0. The Kier molecular flexibility index (Phi) is 4.18. The molecule has 0 aliphatic rings. The van der Waals surface area contributed by atoms with Gasteiger partial charge in [-0.15, -0.1) is 11.3 Å². The second kappa shape index (κ2) is 4.97. The van der Waals surface area contributed by atoms with Crippen LogP contribution in [0.5, 0.6) is 0 Å². The van der Waals surface area contributed by atoms with Gasteiger partial charge in [0.1, 0.15) is 0 Å². The summed E-state index contributed by atoms with van der Waals surface area (Å²) in [6, 6.07) is 4.65. The zero-order valence-corrected chi connectivity index (χ0v) is 10.7. The minimum absolute atomic E-state index is 0.413. The Bertz CT molecular complexity index is 269. The molecule has 1 heterocycles. The number of hydrogen-bond acceptors (Lipinski definition) is 1. The maximum absolute atomic E-state index is 2.38. The minimum Gasteiger partial charge on any atom is -0.145 e. The SMILES string of the molecule is CCCc1ccc(C(C)(CC)CC)s1. The lowest BCUT2D eigenvalue weighted by molar-refractivity contribution is 0.448. The standard InChI is InChI=1S/C13H22S/c1-5-8-11-9-10-12(14-11)13(4,6-2)7-3/h9-10H,5-8H2,1-4H3. The first kappa shape index (κ1) is 11.8. The van der Waals surface area contributed by atoms with Crippen molar-refractivity contribution in [3.05, 3.63) is 21.9 Å². The summed E-state index contributed by atoms with van der Waals surface area (Å²) in [6.07, 6.45) is 4.99. The molecule has 0 N–H and O–H groups in total. The van der Waals surface area contributed by atoms with E-state index >= 15 is 0 Å². The van der Waals surface area contributed by atoms with Crippen molar-refractivity contribution < 1.29 is 0 Å². The van der Waals surface area contributed by atoms with Crippen molar-refractivity contribution in [1.82, 2.24) is 0 Å². The van der Waals surface area contributed by atoms with Crippen LogP contribution in [0.4, 0.5) is 0 Å². The van der Waals surface area contributed by atoms with Crippen LogP contribution in [0, 0.1) is 0 Å². The normalized spacial score (nSPS) is 12.0. The van der Waals surface area contributed by atoms with Crippen LogP contribution in [0.1, 0.15) is 56.7 Å². The third-order valence-electron chi connectivity index (χ3n) is 3.31. The second-order valence-corrected chi connectivity index (χ2v) is 5.45. The first-order valence-corrected chi connectivity index (χ1v) is 6.57. The highest BCUT2D eigenvalue weighted by Gasteiger charge is 2.23. The molecular formula is C13H22S. The van der Waals surface area contributed by atoms with Gasteiger partial charge < -0.3 is 0 Å². The third-order valence-corrected chi connectivity index (χ3v) is 4.76. The number of aryl methyl sites for hydroxylation is 1. The zero-order valence-electron chi connectivity index (χ0n) is 9.89. The van der Waals surface area contributed by atoms with Crippen LogP contribution in [0.15, 0.2) is 12.1 Å². The van der Waals surface area contributed by atoms with E-state index < -0.39 is 0 Å². The highest BCUT2D eigenvalue weighted by molar-refractivity contribution is 7.12. The smallest absolute Gasteiger partial charge is 0.0107 e. The van der Waals surface area contributed by atoms with E-state index in [0.29, 0.717) is 5.41 Å². The molecule has 0 aliphatic carbocycles. The van der Waals surface area contributed by atoms with Crippen LogP contribution in [0.2, 0.25) is 0 Å². The van der Waals surface area contributed by atoms with E-state index in [1.54, 1.807) is 9.75 Å². The summed E-state index contributed by atoms with van der Waals surface area (Å²) in [5.41, 5.74) is 0.413. The van der Waals surface area contributed by atoms with Crippen molar-refractivity contribution in [3.8, 4) is 0 Å². The van der Waals surface area contributed by atoms with Crippen molar-refractivity contribution in [2.24, 2.45) is 0 Å². The summed E-state index contributed by atoms with van der Waals surface area (Å²) in [5.74, 6) is 0. The predicted octanol–water partition coefficient (Wildman–Crippen LogP) is 4.78. The van der Waals surface area contributed by atoms with E-state index in [1.807, 2.05) is 11.3 Å². The summed E-state index contributed by atoms with van der Waals surface area (Å²) < 4.78 is 0. The quantitative estimate of drug-likeness (QED) is 0.656. The molecule has 1 aromatic rings. The van der Waals surface area contributed by atoms with Gasteiger partial charge in [-0.3, -0.25) is 0 Å². The summed E-state index contributed by atoms with van der Waals surface area (Å²) >= 11 is 2.01. The topological polar surface area (TPSA) is 0 Å². The highest BCUT2D eigenvalue weighted by Crippen LogP contribution is 2.35. The van der Waals surface area contributed by atoms with Gasteiger partial charge in [0.25, 0.3) is 0 Å². The van der Waals surface area contributed by atoms with Crippen molar-refractivity contribution in [3.63, 3.8) is 0 Å². The number of hydrogen-bond donors (Lipinski definition) is 0. The molecule has 0 radical (unpaired) electrons. The molecular weight excluding hydrogens is 188 g/mol. The summed E-state index contributed by atoms with van der Waals surface area (Å²) in [6.45, 7) is 9.22. The monoisotopic (exact) mass is 210 g/mol. The molecule has 0 atom stereocenters. The van der Waals surface area contributed by atoms with E-state index in [-0.39, 0.29) is 0 Å². The highest BCUT2D eigenvalue weighted by atomic mass is 32.1. The van der Waals surface area contributed by atoms with Gasteiger partial charge in [-0.05, 0) is 31.4 Å². The predicted molar refractivity (Wildman–Crippen MR) is 66.2 cm³/mol. The molecule has 0 aliphatic heterocycles. The largest absolute Gasteiger partial charge is 0.145 e. The Morgan fingerprint density at radius 2 is 1.79 bits per heavy atom. The molecule has 0 bridgehead atoms. The molecule has 0 fully saturated rings. The Balaban J connectivity index is 2.84. The summed E-state index contributed by atoms with van der Waals surface area (Å²) in [4.78, 5) is 3.13. The molecule has 0 unspecified atom stereocenters. The third kappa shape index (κ3) is 2.38. The fourth-order valence-corrected chi connectivity index (χ4v) is 3.08. The van der Waals surface area contributed by atoms with Crippen LogP contribution in [0.3, 0.4) is 0 Å². The molecule has 1 rings (SSSR count). The van der Waals surface area contributed by atoms with Crippen LogP contribution < -0.4 is 0 Å². The molecule has 0 nitrogen and oxygen atoms in total. The van der Waals surface area contributed by atoms with Crippen molar-refractivity contribution >= 4 is 11.3 Å². The summed E-state index contributed by atoms with van der Waals surface area (Å²) in [5, 5.41) is 0. The van der Waals surface area contributed by atoms with E-state index in [2.05, 4.69) is 39.8 Å². The average molecular weight is 210 g/mol. The molecule has 14 heavy (non-hydrogen) atoms. The Labute approximate surface area is 92.4 Å². The van der Waals surface area contributed by atoms with Gasteiger partial charge >= 0.3 is 0 Å². The van der Waals surface area contributed by atoms with Gasteiger partial charge in [0.2, 0.25) is 0 Å². The fraction of sp³-hybridized carbons (Fsp3) is 0.692. The lowest BCUT2D eigenvalue weighted by Crippen LogP contribution is -2.17. The van der Waals surface area contributed by atoms with Gasteiger partial charge in [-0.2, -0.15) is 0 Å².